The number of carbonyl (C=O) groups excluding carboxylic acids is 1. The largest absolute Gasteiger partial charge is 0.497 e. The van der Waals surface area contributed by atoms with Gasteiger partial charge in [0.1, 0.15) is 11.5 Å². The quantitative estimate of drug-likeness (QED) is 0.840. The first-order chi connectivity index (χ1) is 11.7. The number of nitrogens with zero attached hydrogens (tertiary/aromatic N) is 1. The topological polar surface area (TPSA) is 38.8 Å². The molecule has 0 aromatic heterocycles. The molecular formula is C20H23NO3. The van der Waals surface area contributed by atoms with E-state index in [1.54, 1.807) is 7.11 Å². The fourth-order valence-electron chi connectivity index (χ4n) is 3.18. The Labute approximate surface area is 143 Å². The van der Waals surface area contributed by atoms with Crippen molar-refractivity contribution < 1.29 is 14.3 Å². The highest BCUT2D eigenvalue weighted by Crippen LogP contribution is 2.32. The predicted molar refractivity (Wildman–Crippen MR) is 93.4 cm³/mol. The molecule has 1 aliphatic rings. The monoisotopic (exact) mass is 325 g/mol. The van der Waals surface area contributed by atoms with Gasteiger partial charge in [0.05, 0.1) is 13.2 Å². The third-order valence-electron chi connectivity index (χ3n) is 4.52. The summed E-state index contributed by atoms with van der Waals surface area (Å²) < 4.78 is 10.9. The van der Waals surface area contributed by atoms with E-state index in [0.29, 0.717) is 0 Å². The second-order valence-electron chi connectivity index (χ2n) is 6.07. The molecule has 1 heterocycles. The SMILES string of the molecule is COc1ccc(C2CCCN2C(=O)COc2ccccc2C)cc1. The lowest BCUT2D eigenvalue weighted by Gasteiger charge is -2.25. The molecule has 1 unspecified atom stereocenters. The molecule has 1 aliphatic heterocycles. The minimum absolute atomic E-state index is 0.0385. The summed E-state index contributed by atoms with van der Waals surface area (Å²) in [5, 5.41) is 0. The number of rotatable bonds is 5. The van der Waals surface area contributed by atoms with Crippen molar-refractivity contribution in [1.29, 1.82) is 0 Å². The Kier molecular flexibility index (Phi) is 5.04. The van der Waals surface area contributed by atoms with Gasteiger partial charge in [0.25, 0.3) is 5.91 Å². The normalized spacial score (nSPS) is 16.9. The number of methoxy groups -OCH3 is 1. The number of hydrogen-bond donors (Lipinski definition) is 0. The van der Waals surface area contributed by atoms with Crippen LogP contribution in [0.25, 0.3) is 0 Å². The van der Waals surface area contributed by atoms with Crippen LogP contribution in [0.4, 0.5) is 0 Å². The van der Waals surface area contributed by atoms with E-state index in [1.807, 2.05) is 60.4 Å². The minimum Gasteiger partial charge on any atom is -0.497 e. The van der Waals surface area contributed by atoms with Crippen LogP contribution < -0.4 is 9.47 Å². The third-order valence-corrected chi connectivity index (χ3v) is 4.52. The molecule has 0 saturated carbocycles. The molecule has 2 aromatic rings. The zero-order valence-corrected chi connectivity index (χ0v) is 14.2. The molecule has 2 aromatic carbocycles. The first kappa shape index (κ1) is 16.4. The van der Waals surface area contributed by atoms with Crippen LogP contribution >= 0.6 is 0 Å². The molecule has 1 saturated heterocycles. The summed E-state index contributed by atoms with van der Waals surface area (Å²) >= 11 is 0. The number of hydrogen-bond acceptors (Lipinski definition) is 3. The lowest BCUT2D eigenvalue weighted by Crippen LogP contribution is -2.34. The Balaban J connectivity index is 1.66. The van der Waals surface area contributed by atoms with Gasteiger partial charge in [0, 0.05) is 6.54 Å². The molecule has 126 valence electrons. The molecule has 4 nitrogen and oxygen atoms in total. The fourth-order valence-corrected chi connectivity index (χ4v) is 3.18. The van der Waals surface area contributed by atoms with Gasteiger partial charge >= 0.3 is 0 Å². The number of amides is 1. The third kappa shape index (κ3) is 3.53. The van der Waals surface area contributed by atoms with Crippen LogP contribution in [0.15, 0.2) is 48.5 Å². The smallest absolute Gasteiger partial charge is 0.261 e. The average Bonchev–Trinajstić information content (AvgIpc) is 3.10. The van der Waals surface area contributed by atoms with E-state index in [9.17, 15) is 4.79 Å². The van der Waals surface area contributed by atoms with E-state index in [1.165, 1.54) is 0 Å². The van der Waals surface area contributed by atoms with Crippen LogP contribution in [0.3, 0.4) is 0 Å². The Bertz CT molecular complexity index is 696. The number of ether oxygens (including phenoxy) is 2. The standard InChI is InChI=1S/C20H23NO3/c1-15-6-3-4-8-19(15)24-14-20(22)21-13-5-7-18(21)16-9-11-17(23-2)12-10-16/h3-4,6,8-12,18H,5,7,13-14H2,1-2H3. The highest BCUT2D eigenvalue weighted by atomic mass is 16.5. The molecule has 0 aliphatic carbocycles. The van der Waals surface area contributed by atoms with E-state index in [2.05, 4.69) is 0 Å². The van der Waals surface area contributed by atoms with Crippen molar-refractivity contribution in [2.45, 2.75) is 25.8 Å². The second kappa shape index (κ2) is 7.39. The Hall–Kier alpha value is -2.49. The van der Waals surface area contributed by atoms with Crippen molar-refractivity contribution in [2.24, 2.45) is 0 Å². The highest BCUT2D eigenvalue weighted by Gasteiger charge is 2.30. The molecule has 1 amide bonds. The van der Waals surface area contributed by atoms with E-state index in [-0.39, 0.29) is 18.6 Å². The van der Waals surface area contributed by atoms with Gasteiger partial charge in [0.15, 0.2) is 6.61 Å². The average molecular weight is 325 g/mol. The summed E-state index contributed by atoms with van der Waals surface area (Å²) in [7, 11) is 1.66. The van der Waals surface area contributed by atoms with Crippen molar-refractivity contribution in [3.05, 3.63) is 59.7 Å². The molecule has 3 rings (SSSR count). The number of benzene rings is 2. The van der Waals surface area contributed by atoms with Crippen molar-refractivity contribution in [2.75, 3.05) is 20.3 Å². The van der Waals surface area contributed by atoms with E-state index in [0.717, 1.165) is 42.0 Å². The van der Waals surface area contributed by atoms with Crippen LogP contribution in [0.2, 0.25) is 0 Å². The molecule has 24 heavy (non-hydrogen) atoms. The van der Waals surface area contributed by atoms with Gasteiger partial charge in [-0.2, -0.15) is 0 Å². The van der Waals surface area contributed by atoms with Crippen LogP contribution in [-0.2, 0) is 4.79 Å². The van der Waals surface area contributed by atoms with Gasteiger partial charge in [-0.05, 0) is 49.1 Å². The van der Waals surface area contributed by atoms with Crippen molar-refractivity contribution in [3.8, 4) is 11.5 Å². The zero-order valence-electron chi connectivity index (χ0n) is 14.2. The predicted octanol–water partition coefficient (Wildman–Crippen LogP) is 3.75. The molecule has 0 N–H and O–H groups in total. The van der Waals surface area contributed by atoms with Crippen molar-refractivity contribution in [1.82, 2.24) is 4.90 Å². The molecular weight excluding hydrogens is 302 g/mol. The maximum Gasteiger partial charge on any atom is 0.261 e. The molecule has 0 bridgehead atoms. The number of aryl methyl sites for hydroxylation is 1. The summed E-state index contributed by atoms with van der Waals surface area (Å²) in [6.07, 6.45) is 2.01. The molecule has 0 radical (unpaired) electrons. The minimum atomic E-state index is 0.0385. The Morgan fingerprint density at radius 3 is 2.62 bits per heavy atom. The van der Waals surface area contributed by atoms with Crippen LogP contribution in [-0.4, -0.2) is 31.1 Å². The maximum absolute atomic E-state index is 12.6. The van der Waals surface area contributed by atoms with E-state index in [4.69, 9.17) is 9.47 Å². The van der Waals surface area contributed by atoms with Gasteiger partial charge in [-0.15, -0.1) is 0 Å². The first-order valence-corrected chi connectivity index (χ1v) is 8.31. The first-order valence-electron chi connectivity index (χ1n) is 8.31. The Morgan fingerprint density at radius 1 is 1.17 bits per heavy atom. The van der Waals surface area contributed by atoms with Crippen LogP contribution in [0, 0.1) is 6.92 Å². The van der Waals surface area contributed by atoms with Gasteiger partial charge < -0.3 is 14.4 Å². The summed E-state index contributed by atoms with van der Waals surface area (Å²) in [4.78, 5) is 14.5. The van der Waals surface area contributed by atoms with Gasteiger partial charge in [0.2, 0.25) is 0 Å². The fraction of sp³-hybridized carbons (Fsp3) is 0.350. The summed E-state index contributed by atoms with van der Waals surface area (Å²) in [6.45, 7) is 2.85. The number of likely N-dealkylation sites (tertiary alicyclic amines) is 1. The molecule has 4 heteroatoms. The van der Waals surface area contributed by atoms with E-state index < -0.39 is 0 Å². The summed E-state index contributed by atoms with van der Waals surface area (Å²) in [6, 6.07) is 15.9. The van der Waals surface area contributed by atoms with Crippen LogP contribution in [0.5, 0.6) is 11.5 Å². The van der Waals surface area contributed by atoms with E-state index >= 15 is 0 Å². The Morgan fingerprint density at radius 2 is 1.92 bits per heavy atom. The lowest BCUT2D eigenvalue weighted by molar-refractivity contribution is -0.134. The zero-order chi connectivity index (χ0) is 16.9. The van der Waals surface area contributed by atoms with Crippen molar-refractivity contribution in [3.63, 3.8) is 0 Å². The van der Waals surface area contributed by atoms with Gasteiger partial charge in [-0.1, -0.05) is 30.3 Å². The number of para-hydroxylation sites is 1. The lowest BCUT2D eigenvalue weighted by atomic mass is 10.0. The summed E-state index contributed by atoms with van der Waals surface area (Å²) in [5.41, 5.74) is 2.19. The molecule has 1 atom stereocenters. The van der Waals surface area contributed by atoms with Gasteiger partial charge in [-0.3, -0.25) is 4.79 Å². The molecule has 1 fully saturated rings. The van der Waals surface area contributed by atoms with Gasteiger partial charge in [-0.25, -0.2) is 0 Å². The second-order valence-corrected chi connectivity index (χ2v) is 6.07. The number of carbonyl (C=O) groups is 1. The highest BCUT2D eigenvalue weighted by molar-refractivity contribution is 5.78. The van der Waals surface area contributed by atoms with Crippen LogP contribution in [0.1, 0.15) is 30.0 Å². The maximum atomic E-state index is 12.6. The summed E-state index contributed by atoms with van der Waals surface area (Å²) in [5.74, 6) is 1.64. The molecule has 0 spiro atoms. The van der Waals surface area contributed by atoms with Crippen molar-refractivity contribution >= 4 is 5.91 Å².